The molecule has 0 aliphatic carbocycles. The molecule has 0 amide bonds. The van der Waals surface area contributed by atoms with E-state index < -0.39 is 6.10 Å². The molecule has 2 aromatic heterocycles. The minimum Gasteiger partial charge on any atom is -0.380 e. The van der Waals surface area contributed by atoms with E-state index in [-0.39, 0.29) is 0 Å². The van der Waals surface area contributed by atoms with Gasteiger partial charge < -0.3 is 14.2 Å². The molecule has 2 aromatic carbocycles. The summed E-state index contributed by atoms with van der Waals surface area (Å²) in [6.07, 6.45) is 2.73. The summed E-state index contributed by atoms with van der Waals surface area (Å²) in [7, 11) is 0. The van der Waals surface area contributed by atoms with E-state index in [2.05, 4.69) is 10.1 Å². The average molecular weight is 331 g/mol. The van der Waals surface area contributed by atoms with Gasteiger partial charge in [-0.25, -0.2) is 4.98 Å². The molecular formula is C20H17N3O2. The van der Waals surface area contributed by atoms with Gasteiger partial charge in [-0.15, -0.1) is 0 Å². The predicted octanol–water partition coefficient (Wildman–Crippen LogP) is 3.67. The first-order valence-corrected chi connectivity index (χ1v) is 8.06. The Bertz CT molecular complexity index is 945. The molecule has 5 nitrogen and oxygen atoms in total. The van der Waals surface area contributed by atoms with E-state index in [1.165, 1.54) is 0 Å². The maximum absolute atomic E-state index is 10.6. The molecule has 0 radical (unpaired) electrons. The van der Waals surface area contributed by atoms with Crippen molar-refractivity contribution in [1.82, 2.24) is 14.7 Å². The van der Waals surface area contributed by atoms with E-state index in [1.807, 2.05) is 77.5 Å². The van der Waals surface area contributed by atoms with Crippen LogP contribution in [-0.2, 0) is 6.54 Å². The maximum atomic E-state index is 10.6. The van der Waals surface area contributed by atoms with Crippen LogP contribution >= 0.6 is 0 Å². The standard InChI is InChI=1S/C20H17N3O2/c24-19(16-9-5-2-6-10-16)20-21-11-12-23(20)14-17-13-18(25-22-17)15-7-3-1-4-8-15/h1-13,19,24H,14H2. The van der Waals surface area contributed by atoms with Crippen molar-refractivity contribution in [2.45, 2.75) is 12.6 Å². The number of nitrogens with zero attached hydrogens (tertiary/aromatic N) is 3. The third-order valence-corrected chi connectivity index (χ3v) is 4.06. The van der Waals surface area contributed by atoms with Crippen molar-refractivity contribution in [3.05, 3.63) is 96.2 Å². The molecule has 1 unspecified atom stereocenters. The van der Waals surface area contributed by atoms with Gasteiger partial charge in [0, 0.05) is 24.0 Å². The van der Waals surface area contributed by atoms with Crippen LogP contribution in [0, 0.1) is 0 Å². The summed E-state index contributed by atoms with van der Waals surface area (Å²) in [5, 5.41) is 14.7. The van der Waals surface area contributed by atoms with Gasteiger partial charge >= 0.3 is 0 Å². The normalized spacial score (nSPS) is 12.2. The number of imidazole rings is 1. The van der Waals surface area contributed by atoms with Crippen molar-refractivity contribution >= 4 is 0 Å². The lowest BCUT2D eigenvalue weighted by molar-refractivity contribution is 0.205. The maximum Gasteiger partial charge on any atom is 0.167 e. The minimum absolute atomic E-state index is 0.482. The van der Waals surface area contributed by atoms with Crippen LogP contribution in [0.4, 0.5) is 0 Å². The lowest BCUT2D eigenvalue weighted by atomic mass is 10.1. The van der Waals surface area contributed by atoms with Gasteiger partial charge in [-0.2, -0.15) is 0 Å². The molecule has 0 aliphatic rings. The van der Waals surface area contributed by atoms with Crippen LogP contribution in [0.3, 0.4) is 0 Å². The molecule has 0 aliphatic heterocycles. The highest BCUT2D eigenvalue weighted by Gasteiger charge is 2.17. The van der Waals surface area contributed by atoms with E-state index >= 15 is 0 Å². The summed E-state index contributed by atoms with van der Waals surface area (Å²) in [5.74, 6) is 1.30. The summed E-state index contributed by atoms with van der Waals surface area (Å²) < 4.78 is 7.32. The molecule has 1 atom stereocenters. The molecule has 4 rings (SSSR count). The minimum atomic E-state index is -0.781. The molecule has 1 N–H and O–H groups in total. The second kappa shape index (κ2) is 6.75. The van der Waals surface area contributed by atoms with E-state index in [0.717, 1.165) is 22.6 Å². The zero-order valence-electron chi connectivity index (χ0n) is 13.5. The van der Waals surface area contributed by atoms with E-state index in [9.17, 15) is 5.11 Å². The zero-order chi connectivity index (χ0) is 17.1. The highest BCUT2D eigenvalue weighted by atomic mass is 16.5. The van der Waals surface area contributed by atoms with Gasteiger partial charge in [-0.05, 0) is 5.56 Å². The summed E-state index contributed by atoms with van der Waals surface area (Å²) in [4.78, 5) is 4.31. The van der Waals surface area contributed by atoms with Crippen LogP contribution in [0.5, 0.6) is 0 Å². The predicted molar refractivity (Wildman–Crippen MR) is 93.8 cm³/mol. The summed E-state index contributed by atoms with van der Waals surface area (Å²) >= 11 is 0. The Labute approximate surface area is 145 Å². The van der Waals surface area contributed by atoms with Crippen LogP contribution in [0.25, 0.3) is 11.3 Å². The van der Waals surface area contributed by atoms with Crippen molar-refractivity contribution < 1.29 is 9.63 Å². The Balaban J connectivity index is 1.57. The largest absolute Gasteiger partial charge is 0.380 e. The summed E-state index contributed by atoms with van der Waals surface area (Å²) in [5.41, 5.74) is 2.56. The number of aromatic nitrogens is 3. The molecule has 0 saturated carbocycles. The molecule has 0 fully saturated rings. The average Bonchev–Trinajstić information content (AvgIpc) is 3.33. The molecule has 0 saturated heterocycles. The van der Waals surface area contributed by atoms with Gasteiger partial charge in [-0.1, -0.05) is 65.8 Å². The van der Waals surface area contributed by atoms with Crippen LogP contribution in [0.15, 0.2) is 83.6 Å². The third kappa shape index (κ3) is 3.22. The molecule has 5 heteroatoms. The van der Waals surface area contributed by atoms with Gasteiger partial charge in [0.25, 0.3) is 0 Å². The lowest BCUT2D eigenvalue weighted by Crippen LogP contribution is -2.10. The lowest BCUT2D eigenvalue weighted by Gasteiger charge is -2.12. The Morgan fingerprint density at radius 1 is 1.00 bits per heavy atom. The fourth-order valence-corrected chi connectivity index (χ4v) is 2.79. The van der Waals surface area contributed by atoms with E-state index in [0.29, 0.717) is 12.4 Å². The van der Waals surface area contributed by atoms with Gasteiger partial charge in [0.05, 0.1) is 6.54 Å². The van der Waals surface area contributed by atoms with Crippen molar-refractivity contribution in [3.8, 4) is 11.3 Å². The van der Waals surface area contributed by atoms with Gasteiger partial charge in [0.15, 0.2) is 5.76 Å². The van der Waals surface area contributed by atoms with Crippen molar-refractivity contribution in [2.24, 2.45) is 0 Å². The number of hydrogen-bond donors (Lipinski definition) is 1. The van der Waals surface area contributed by atoms with Crippen LogP contribution in [-0.4, -0.2) is 19.8 Å². The number of aliphatic hydroxyl groups excluding tert-OH is 1. The highest BCUT2D eigenvalue weighted by Crippen LogP contribution is 2.23. The number of hydrogen-bond acceptors (Lipinski definition) is 4. The summed E-state index contributed by atoms with van der Waals surface area (Å²) in [6.45, 7) is 0.482. The van der Waals surface area contributed by atoms with Gasteiger partial charge in [0.2, 0.25) is 0 Å². The topological polar surface area (TPSA) is 64.1 Å². The Morgan fingerprint density at radius 3 is 2.48 bits per heavy atom. The van der Waals surface area contributed by atoms with Gasteiger partial charge in [-0.3, -0.25) is 0 Å². The van der Waals surface area contributed by atoms with Crippen LogP contribution in [0.2, 0.25) is 0 Å². The molecular weight excluding hydrogens is 314 g/mol. The highest BCUT2D eigenvalue weighted by molar-refractivity contribution is 5.56. The second-order valence-electron chi connectivity index (χ2n) is 5.78. The molecule has 0 spiro atoms. The number of rotatable bonds is 5. The smallest absolute Gasteiger partial charge is 0.167 e. The Morgan fingerprint density at radius 2 is 1.72 bits per heavy atom. The first-order chi connectivity index (χ1) is 12.3. The Hall–Kier alpha value is -3.18. The molecule has 124 valence electrons. The van der Waals surface area contributed by atoms with Crippen molar-refractivity contribution in [3.63, 3.8) is 0 Å². The van der Waals surface area contributed by atoms with E-state index in [4.69, 9.17) is 4.52 Å². The second-order valence-corrected chi connectivity index (χ2v) is 5.78. The quantitative estimate of drug-likeness (QED) is 0.606. The molecule has 25 heavy (non-hydrogen) atoms. The zero-order valence-corrected chi connectivity index (χ0v) is 13.5. The van der Waals surface area contributed by atoms with Gasteiger partial charge in [0.1, 0.15) is 17.6 Å². The molecule has 4 aromatic rings. The molecule has 2 heterocycles. The first-order valence-electron chi connectivity index (χ1n) is 8.06. The van der Waals surface area contributed by atoms with Crippen LogP contribution in [0.1, 0.15) is 23.2 Å². The fourth-order valence-electron chi connectivity index (χ4n) is 2.79. The monoisotopic (exact) mass is 331 g/mol. The fraction of sp³-hybridized carbons (Fsp3) is 0.100. The Kier molecular flexibility index (Phi) is 4.14. The van der Waals surface area contributed by atoms with Crippen LogP contribution < -0.4 is 0 Å². The third-order valence-electron chi connectivity index (χ3n) is 4.06. The number of aliphatic hydroxyl groups is 1. The number of benzene rings is 2. The molecule has 0 bridgehead atoms. The SMILES string of the molecule is OC(c1ccccc1)c1nccn1Cc1cc(-c2ccccc2)on1. The first kappa shape index (κ1) is 15.4. The summed E-state index contributed by atoms with van der Waals surface area (Å²) in [6, 6.07) is 21.2. The van der Waals surface area contributed by atoms with Crippen molar-refractivity contribution in [1.29, 1.82) is 0 Å². The van der Waals surface area contributed by atoms with Crippen molar-refractivity contribution in [2.75, 3.05) is 0 Å². The van der Waals surface area contributed by atoms with E-state index in [1.54, 1.807) is 6.20 Å².